The van der Waals surface area contributed by atoms with Gasteiger partial charge in [-0.25, -0.2) is 0 Å². The molecule has 1 aromatic carbocycles. The van der Waals surface area contributed by atoms with Crippen molar-refractivity contribution in [3.05, 3.63) is 30.5 Å². The average Bonchev–Trinajstić information content (AvgIpc) is 2.78. The number of amidine groups is 1. The summed E-state index contributed by atoms with van der Waals surface area (Å²) in [6.07, 6.45) is 4.35. The van der Waals surface area contributed by atoms with Gasteiger partial charge < -0.3 is 10.9 Å². The van der Waals surface area contributed by atoms with E-state index in [1.165, 1.54) is 0 Å². The number of para-hydroxylation sites is 1. The molecule has 0 aliphatic carbocycles. The minimum atomic E-state index is 0.287. The third kappa shape index (κ3) is 2.75. The third-order valence-electron chi connectivity index (χ3n) is 2.73. The van der Waals surface area contributed by atoms with Crippen LogP contribution in [0.25, 0.3) is 10.9 Å². The Kier molecular flexibility index (Phi) is 3.59. The number of aryl methyl sites for hydroxylation is 1. The molecule has 0 radical (unpaired) electrons. The van der Waals surface area contributed by atoms with Crippen LogP contribution in [0.15, 0.2) is 35.6 Å². The molecule has 17 heavy (non-hydrogen) atoms. The van der Waals surface area contributed by atoms with Gasteiger partial charge in [0.15, 0.2) is 0 Å². The largest absolute Gasteiger partial charge is 0.409 e. The Balaban J connectivity index is 1.91. The molecule has 2 aromatic rings. The fourth-order valence-corrected chi connectivity index (χ4v) is 1.82. The number of unbranched alkanes of at least 4 members (excludes halogenated alkanes) is 1. The Morgan fingerprint density at radius 1 is 1.35 bits per heavy atom. The lowest BCUT2D eigenvalue weighted by Gasteiger charge is -2.03. The first-order valence-corrected chi connectivity index (χ1v) is 5.68. The Morgan fingerprint density at radius 3 is 3.00 bits per heavy atom. The van der Waals surface area contributed by atoms with E-state index in [1.807, 2.05) is 23.0 Å². The van der Waals surface area contributed by atoms with Crippen LogP contribution < -0.4 is 5.73 Å². The fraction of sp³-hybridized carbons (Fsp3) is 0.333. The maximum Gasteiger partial charge on any atom is 0.139 e. The van der Waals surface area contributed by atoms with Crippen LogP contribution in [0, 0.1) is 0 Å². The minimum Gasteiger partial charge on any atom is -0.409 e. The molecule has 0 atom stereocenters. The van der Waals surface area contributed by atoms with E-state index < -0.39 is 0 Å². The number of benzene rings is 1. The molecule has 0 fully saturated rings. The summed E-state index contributed by atoms with van der Waals surface area (Å²) >= 11 is 0. The molecular formula is C12H16N4O. The zero-order valence-corrected chi connectivity index (χ0v) is 9.58. The van der Waals surface area contributed by atoms with Crippen molar-refractivity contribution in [2.75, 3.05) is 0 Å². The van der Waals surface area contributed by atoms with Crippen molar-refractivity contribution in [3.8, 4) is 0 Å². The molecule has 0 saturated carbocycles. The Morgan fingerprint density at radius 2 is 2.18 bits per heavy atom. The van der Waals surface area contributed by atoms with Crippen LogP contribution in [-0.4, -0.2) is 20.8 Å². The molecule has 0 aliphatic rings. The normalized spacial score (nSPS) is 12.1. The lowest BCUT2D eigenvalue weighted by atomic mass is 10.2. The second-order valence-corrected chi connectivity index (χ2v) is 3.97. The summed E-state index contributed by atoms with van der Waals surface area (Å²) in [6, 6.07) is 8.13. The molecule has 0 amide bonds. The van der Waals surface area contributed by atoms with E-state index in [-0.39, 0.29) is 5.84 Å². The van der Waals surface area contributed by atoms with Crippen molar-refractivity contribution in [2.24, 2.45) is 10.9 Å². The van der Waals surface area contributed by atoms with E-state index in [0.717, 1.165) is 30.3 Å². The molecule has 0 bridgehead atoms. The zero-order valence-electron chi connectivity index (χ0n) is 9.58. The quantitative estimate of drug-likeness (QED) is 0.272. The smallest absolute Gasteiger partial charge is 0.139 e. The Bertz CT molecular complexity index is 518. The molecule has 1 aromatic heterocycles. The highest BCUT2D eigenvalue weighted by Gasteiger charge is 2.01. The minimum absolute atomic E-state index is 0.287. The van der Waals surface area contributed by atoms with Crippen LogP contribution in [0.4, 0.5) is 0 Å². The van der Waals surface area contributed by atoms with Crippen LogP contribution in [-0.2, 0) is 6.54 Å². The van der Waals surface area contributed by atoms with Gasteiger partial charge in [-0.15, -0.1) is 0 Å². The number of aromatic nitrogens is 2. The lowest BCUT2D eigenvalue weighted by molar-refractivity contribution is 0.316. The second-order valence-electron chi connectivity index (χ2n) is 3.97. The van der Waals surface area contributed by atoms with E-state index in [1.54, 1.807) is 0 Å². The maximum atomic E-state index is 8.40. The zero-order chi connectivity index (χ0) is 12.1. The topological polar surface area (TPSA) is 76.4 Å². The molecule has 0 spiro atoms. The first-order valence-electron chi connectivity index (χ1n) is 5.68. The molecule has 0 unspecified atom stereocenters. The molecule has 0 aliphatic heterocycles. The third-order valence-corrected chi connectivity index (χ3v) is 2.73. The van der Waals surface area contributed by atoms with Crippen LogP contribution >= 0.6 is 0 Å². The standard InChI is InChI=1S/C12H16N4O/c13-12(15-17)7-3-4-8-16-11-6-2-1-5-10(11)9-14-16/h1-2,5-6,9,17H,3-4,7-8H2,(H2,13,15). The number of hydrogen-bond acceptors (Lipinski definition) is 3. The van der Waals surface area contributed by atoms with Crippen LogP contribution in [0.1, 0.15) is 19.3 Å². The van der Waals surface area contributed by atoms with E-state index in [9.17, 15) is 0 Å². The van der Waals surface area contributed by atoms with E-state index >= 15 is 0 Å². The monoisotopic (exact) mass is 232 g/mol. The summed E-state index contributed by atoms with van der Waals surface area (Å²) < 4.78 is 1.99. The summed E-state index contributed by atoms with van der Waals surface area (Å²) in [7, 11) is 0. The molecule has 3 N–H and O–H groups in total. The van der Waals surface area contributed by atoms with Crippen molar-refractivity contribution >= 4 is 16.7 Å². The summed E-state index contributed by atoms with van der Waals surface area (Å²) in [4.78, 5) is 0. The first-order chi connectivity index (χ1) is 8.31. The first kappa shape index (κ1) is 11.4. The molecular weight excluding hydrogens is 216 g/mol. The molecule has 1 heterocycles. The number of rotatable bonds is 5. The van der Waals surface area contributed by atoms with Gasteiger partial charge in [0.2, 0.25) is 0 Å². The Labute approximate surface area is 99.5 Å². The van der Waals surface area contributed by atoms with Crippen molar-refractivity contribution in [1.29, 1.82) is 0 Å². The highest BCUT2D eigenvalue weighted by molar-refractivity contribution is 5.79. The molecule has 2 rings (SSSR count). The van der Waals surface area contributed by atoms with Crippen LogP contribution in [0.3, 0.4) is 0 Å². The van der Waals surface area contributed by atoms with Crippen molar-refractivity contribution in [1.82, 2.24) is 9.78 Å². The molecule has 5 heteroatoms. The fourth-order valence-electron chi connectivity index (χ4n) is 1.82. The van der Waals surface area contributed by atoms with Crippen LogP contribution in [0.5, 0.6) is 0 Å². The summed E-state index contributed by atoms with van der Waals surface area (Å²) in [6.45, 7) is 0.853. The van der Waals surface area contributed by atoms with Gasteiger partial charge in [0.05, 0.1) is 11.7 Å². The highest BCUT2D eigenvalue weighted by Crippen LogP contribution is 2.13. The summed E-state index contributed by atoms with van der Waals surface area (Å²) in [5.74, 6) is 0.287. The lowest BCUT2D eigenvalue weighted by Crippen LogP contribution is -2.11. The Hall–Kier alpha value is -2.04. The van der Waals surface area contributed by atoms with E-state index in [0.29, 0.717) is 6.42 Å². The number of nitrogens with two attached hydrogens (primary N) is 1. The van der Waals surface area contributed by atoms with Crippen LogP contribution in [0.2, 0.25) is 0 Å². The molecule has 5 nitrogen and oxygen atoms in total. The summed E-state index contributed by atoms with van der Waals surface area (Å²) in [5, 5.41) is 16.8. The van der Waals surface area contributed by atoms with Gasteiger partial charge in [-0.05, 0) is 18.9 Å². The van der Waals surface area contributed by atoms with Gasteiger partial charge in [0.1, 0.15) is 5.84 Å². The number of fused-ring (bicyclic) bond motifs is 1. The van der Waals surface area contributed by atoms with E-state index in [4.69, 9.17) is 10.9 Å². The summed E-state index contributed by atoms with van der Waals surface area (Å²) in [5.41, 5.74) is 6.55. The van der Waals surface area contributed by atoms with Gasteiger partial charge >= 0.3 is 0 Å². The number of hydrogen-bond donors (Lipinski definition) is 2. The molecule has 90 valence electrons. The predicted octanol–water partition coefficient (Wildman–Crippen LogP) is 1.95. The predicted molar refractivity (Wildman–Crippen MR) is 67.0 cm³/mol. The van der Waals surface area contributed by atoms with Crippen molar-refractivity contribution in [3.63, 3.8) is 0 Å². The number of nitrogens with zero attached hydrogens (tertiary/aromatic N) is 3. The SMILES string of the molecule is NC(CCCCn1ncc2ccccc21)=NO. The van der Waals surface area contributed by atoms with Gasteiger partial charge in [0.25, 0.3) is 0 Å². The van der Waals surface area contributed by atoms with E-state index in [2.05, 4.69) is 22.4 Å². The highest BCUT2D eigenvalue weighted by atomic mass is 16.4. The molecule has 0 saturated heterocycles. The van der Waals surface area contributed by atoms with Crippen molar-refractivity contribution in [2.45, 2.75) is 25.8 Å². The average molecular weight is 232 g/mol. The van der Waals surface area contributed by atoms with Gasteiger partial charge in [-0.2, -0.15) is 5.10 Å². The number of oxime groups is 1. The van der Waals surface area contributed by atoms with Gasteiger partial charge in [-0.1, -0.05) is 23.4 Å². The van der Waals surface area contributed by atoms with Crippen molar-refractivity contribution < 1.29 is 5.21 Å². The maximum absolute atomic E-state index is 8.40. The second kappa shape index (κ2) is 5.34. The van der Waals surface area contributed by atoms with Gasteiger partial charge in [-0.3, -0.25) is 4.68 Å². The van der Waals surface area contributed by atoms with Gasteiger partial charge in [0, 0.05) is 18.4 Å².